The summed E-state index contributed by atoms with van der Waals surface area (Å²) in [6.07, 6.45) is 4.99. The molecule has 0 saturated carbocycles. The van der Waals surface area contributed by atoms with Gasteiger partial charge in [-0.2, -0.15) is 14.7 Å². The number of aromatic nitrogens is 2. The summed E-state index contributed by atoms with van der Waals surface area (Å²) in [5.41, 5.74) is 1.85. The number of carbonyl (C=O) groups is 1. The number of para-hydroxylation sites is 1. The molecule has 0 bridgehead atoms. The highest BCUT2D eigenvalue weighted by Crippen LogP contribution is 2.29. The molecule has 2 fully saturated rings. The Morgan fingerprint density at radius 3 is 2.51 bits per heavy atom. The van der Waals surface area contributed by atoms with E-state index in [-0.39, 0.29) is 22.0 Å². The highest BCUT2D eigenvalue weighted by molar-refractivity contribution is 7.91. The summed E-state index contributed by atoms with van der Waals surface area (Å²) in [6.45, 7) is 0.957. The first kappa shape index (κ1) is 26.8. The number of carbonyl (C=O) groups excluding carboxylic acids is 1. The molecule has 1 aromatic heterocycles. The minimum absolute atomic E-state index is 0.00573. The van der Waals surface area contributed by atoms with Crippen molar-refractivity contribution in [2.45, 2.75) is 30.2 Å². The van der Waals surface area contributed by atoms with E-state index in [0.29, 0.717) is 36.3 Å². The third-order valence-corrected chi connectivity index (χ3v) is 10.5. The van der Waals surface area contributed by atoms with Gasteiger partial charge < -0.3 is 5.32 Å². The molecular weight excluding hydrogens is 538 g/mol. The van der Waals surface area contributed by atoms with Crippen LogP contribution in [0, 0.1) is 11.3 Å². The first-order valence-corrected chi connectivity index (χ1v) is 15.8. The molecule has 1 unspecified atom stereocenters. The molecule has 5 rings (SSSR count). The lowest BCUT2D eigenvalue weighted by molar-refractivity contribution is -0.117. The smallest absolute Gasteiger partial charge is 0.262 e. The predicted octanol–water partition coefficient (Wildman–Crippen LogP) is 2.53. The fourth-order valence-electron chi connectivity index (χ4n) is 4.79. The minimum Gasteiger partial charge on any atom is -0.348 e. The van der Waals surface area contributed by atoms with Gasteiger partial charge in [-0.15, -0.1) is 0 Å². The van der Waals surface area contributed by atoms with E-state index >= 15 is 0 Å². The fourth-order valence-corrected chi connectivity index (χ4v) is 8.02. The van der Waals surface area contributed by atoms with E-state index in [1.807, 2.05) is 36.4 Å². The Morgan fingerprint density at radius 1 is 1.10 bits per heavy atom. The van der Waals surface area contributed by atoms with Crippen LogP contribution in [0.1, 0.15) is 24.8 Å². The Bertz CT molecular complexity index is 1680. The Kier molecular flexibility index (Phi) is 7.40. The van der Waals surface area contributed by atoms with Crippen molar-refractivity contribution < 1.29 is 21.6 Å². The van der Waals surface area contributed by atoms with Crippen molar-refractivity contribution in [3.05, 3.63) is 71.9 Å². The normalized spacial score (nSPS) is 19.6. The number of benzene rings is 2. The molecule has 1 amide bonds. The molecule has 2 saturated heterocycles. The van der Waals surface area contributed by atoms with Crippen LogP contribution in [0.5, 0.6) is 0 Å². The number of hydrogen-bond acceptors (Lipinski definition) is 7. The number of sulfone groups is 1. The summed E-state index contributed by atoms with van der Waals surface area (Å²) in [4.78, 5) is 13.0. The summed E-state index contributed by atoms with van der Waals surface area (Å²) in [7, 11) is -6.88. The van der Waals surface area contributed by atoms with Gasteiger partial charge in [-0.3, -0.25) is 4.79 Å². The van der Waals surface area contributed by atoms with Gasteiger partial charge in [0.2, 0.25) is 10.0 Å². The van der Waals surface area contributed by atoms with E-state index in [0.717, 1.165) is 18.5 Å². The van der Waals surface area contributed by atoms with Crippen LogP contribution in [0.2, 0.25) is 0 Å². The molecule has 39 heavy (non-hydrogen) atoms. The standard InChI is InChI=1S/C27H27N5O5S2/c28-17-21(27(33)29-23-11-14-38(34,35)19-23)15-22-18-32(24-8-2-1-3-9-24)30-26(22)20-7-6-10-25(16-20)39(36,37)31-12-4-5-13-31/h1-3,6-10,15-16,18,23H,4-5,11-14,19H2,(H,29,33). The second-order valence-electron chi connectivity index (χ2n) is 9.60. The average molecular weight is 566 g/mol. The fraction of sp³-hybridized carbons (Fsp3) is 0.296. The van der Waals surface area contributed by atoms with Gasteiger partial charge in [-0.05, 0) is 49.6 Å². The first-order chi connectivity index (χ1) is 18.7. The Hall–Kier alpha value is -3.79. The van der Waals surface area contributed by atoms with Crippen molar-refractivity contribution in [1.82, 2.24) is 19.4 Å². The minimum atomic E-state index is -3.67. The van der Waals surface area contributed by atoms with Crippen molar-refractivity contribution in [2.75, 3.05) is 24.6 Å². The number of nitriles is 1. The highest BCUT2D eigenvalue weighted by atomic mass is 32.2. The Morgan fingerprint density at radius 2 is 1.85 bits per heavy atom. The van der Waals surface area contributed by atoms with E-state index in [4.69, 9.17) is 0 Å². The van der Waals surface area contributed by atoms with Gasteiger partial charge in [0, 0.05) is 36.5 Å². The molecule has 0 aliphatic carbocycles. The molecule has 10 nitrogen and oxygen atoms in total. The van der Waals surface area contributed by atoms with Gasteiger partial charge in [0.1, 0.15) is 17.3 Å². The first-order valence-electron chi connectivity index (χ1n) is 12.5. The summed E-state index contributed by atoms with van der Waals surface area (Å²) in [6, 6.07) is 17.1. The van der Waals surface area contributed by atoms with Crippen molar-refractivity contribution in [3.63, 3.8) is 0 Å². The summed E-state index contributed by atoms with van der Waals surface area (Å²) in [5.74, 6) is -0.843. The number of sulfonamides is 1. The van der Waals surface area contributed by atoms with E-state index in [1.54, 1.807) is 35.1 Å². The molecule has 2 aliphatic heterocycles. The maximum Gasteiger partial charge on any atom is 0.262 e. The molecule has 0 spiro atoms. The number of rotatable bonds is 7. The molecule has 1 atom stereocenters. The highest BCUT2D eigenvalue weighted by Gasteiger charge is 2.30. The SMILES string of the molecule is N#CC(=Cc1cn(-c2ccccc2)nc1-c1cccc(S(=O)(=O)N2CCCC2)c1)C(=O)NC1CCS(=O)(=O)C1. The van der Waals surface area contributed by atoms with Crippen LogP contribution in [0.3, 0.4) is 0 Å². The van der Waals surface area contributed by atoms with Gasteiger partial charge in [0.05, 0.1) is 22.1 Å². The monoisotopic (exact) mass is 565 g/mol. The molecule has 1 N–H and O–H groups in total. The van der Waals surface area contributed by atoms with E-state index in [9.17, 15) is 26.9 Å². The van der Waals surface area contributed by atoms with Crippen molar-refractivity contribution in [3.8, 4) is 23.0 Å². The van der Waals surface area contributed by atoms with Gasteiger partial charge in [-0.1, -0.05) is 30.3 Å². The topological polar surface area (TPSA) is 142 Å². The molecule has 0 radical (unpaired) electrons. The Balaban J connectivity index is 1.54. The Labute approximate surface area is 227 Å². The van der Waals surface area contributed by atoms with Crippen LogP contribution < -0.4 is 5.32 Å². The number of amides is 1. The lowest BCUT2D eigenvalue weighted by atomic mass is 10.1. The van der Waals surface area contributed by atoms with Crippen molar-refractivity contribution >= 4 is 31.8 Å². The van der Waals surface area contributed by atoms with Crippen LogP contribution in [0.4, 0.5) is 0 Å². The van der Waals surface area contributed by atoms with Crippen LogP contribution in [-0.2, 0) is 24.7 Å². The zero-order valence-electron chi connectivity index (χ0n) is 21.0. The summed E-state index contributed by atoms with van der Waals surface area (Å²) in [5, 5.41) is 17.1. The zero-order chi connectivity index (χ0) is 27.6. The predicted molar refractivity (Wildman–Crippen MR) is 146 cm³/mol. The lowest BCUT2D eigenvalue weighted by Gasteiger charge is -2.16. The van der Waals surface area contributed by atoms with Crippen molar-refractivity contribution in [2.24, 2.45) is 0 Å². The summed E-state index contributed by atoms with van der Waals surface area (Å²) >= 11 is 0. The van der Waals surface area contributed by atoms with Gasteiger partial charge in [0.15, 0.2) is 9.84 Å². The molecule has 202 valence electrons. The van der Waals surface area contributed by atoms with Gasteiger partial charge >= 0.3 is 0 Å². The van der Waals surface area contributed by atoms with Crippen molar-refractivity contribution in [1.29, 1.82) is 5.26 Å². The average Bonchev–Trinajstić information content (AvgIpc) is 3.68. The van der Waals surface area contributed by atoms with E-state index in [1.165, 1.54) is 10.4 Å². The number of nitrogens with zero attached hydrogens (tertiary/aromatic N) is 4. The third kappa shape index (κ3) is 5.80. The zero-order valence-corrected chi connectivity index (χ0v) is 22.7. The van der Waals surface area contributed by atoms with Gasteiger partial charge in [0.25, 0.3) is 5.91 Å². The second kappa shape index (κ2) is 10.8. The van der Waals surface area contributed by atoms with E-state index < -0.39 is 31.8 Å². The van der Waals surface area contributed by atoms with Crippen LogP contribution in [0.25, 0.3) is 23.0 Å². The molecule has 3 aromatic rings. The van der Waals surface area contributed by atoms with Crippen LogP contribution in [0.15, 0.2) is 71.3 Å². The van der Waals surface area contributed by atoms with Gasteiger partial charge in [-0.25, -0.2) is 21.5 Å². The second-order valence-corrected chi connectivity index (χ2v) is 13.8. The molecular formula is C27H27N5O5S2. The number of nitrogens with one attached hydrogen (secondary N) is 1. The largest absolute Gasteiger partial charge is 0.348 e. The quantitative estimate of drug-likeness (QED) is 0.343. The van der Waals surface area contributed by atoms with Crippen LogP contribution >= 0.6 is 0 Å². The lowest BCUT2D eigenvalue weighted by Crippen LogP contribution is -2.36. The maximum atomic E-state index is 13.2. The number of hydrogen-bond donors (Lipinski definition) is 1. The summed E-state index contributed by atoms with van der Waals surface area (Å²) < 4.78 is 53.0. The molecule has 3 heterocycles. The van der Waals surface area contributed by atoms with E-state index in [2.05, 4.69) is 10.4 Å². The maximum absolute atomic E-state index is 13.2. The molecule has 12 heteroatoms. The van der Waals surface area contributed by atoms with Crippen LogP contribution in [-0.4, -0.2) is 67.5 Å². The molecule has 2 aliphatic rings. The third-order valence-electron chi connectivity index (χ3n) is 6.81. The molecule has 2 aromatic carbocycles.